The van der Waals surface area contributed by atoms with Gasteiger partial charge in [0.1, 0.15) is 5.60 Å². The van der Waals surface area contributed by atoms with Crippen LogP contribution >= 0.6 is 0 Å². The van der Waals surface area contributed by atoms with Gasteiger partial charge in [0.2, 0.25) is 0 Å². The number of hydrogen-bond acceptors (Lipinski definition) is 3. The number of nitrogens with two attached hydrogens (primary N) is 1. The Morgan fingerprint density at radius 2 is 1.62 bits per heavy atom. The van der Waals surface area contributed by atoms with Gasteiger partial charge < -0.3 is 15.8 Å². The van der Waals surface area contributed by atoms with Crippen LogP contribution in [0.15, 0.2) is 54.6 Å². The summed E-state index contributed by atoms with van der Waals surface area (Å²) in [6.45, 7) is 5.89. The molecule has 0 fully saturated rings. The van der Waals surface area contributed by atoms with Gasteiger partial charge in [-0.1, -0.05) is 54.6 Å². The van der Waals surface area contributed by atoms with E-state index in [1.165, 1.54) is 11.1 Å². The van der Waals surface area contributed by atoms with E-state index in [4.69, 9.17) is 10.5 Å². The minimum absolute atomic E-state index is 0.153. The predicted molar refractivity (Wildman–Crippen MR) is 97.8 cm³/mol. The van der Waals surface area contributed by atoms with Crippen molar-refractivity contribution in [1.29, 1.82) is 0 Å². The molecule has 1 atom stereocenters. The first-order valence-corrected chi connectivity index (χ1v) is 8.20. The molecule has 0 aliphatic carbocycles. The molecule has 2 aromatic carbocycles. The van der Waals surface area contributed by atoms with Crippen molar-refractivity contribution in [2.75, 3.05) is 6.54 Å². The molecule has 0 unspecified atom stereocenters. The van der Waals surface area contributed by atoms with Crippen LogP contribution in [0.3, 0.4) is 0 Å². The Kier molecular flexibility index (Phi) is 5.99. The number of rotatable bonds is 5. The lowest BCUT2D eigenvalue weighted by molar-refractivity contribution is 0.0524. The second-order valence-corrected chi connectivity index (χ2v) is 6.91. The molecule has 0 radical (unpaired) electrons. The third kappa shape index (κ3) is 6.05. The number of benzene rings is 2. The lowest BCUT2D eigenvalue weighted by atomic mass is 10.0. The van der Waals surface area contributed by atoms with Gasteiger partial charge in [-0.3, -0.25) is 0 Å². The molecule has 0 saturated heterocycles. The highest BCUT2D eigenvalue weighted by Crippen LogP contribution is 2.19. The van der Waals surface area contributed by atoms with Crippen LogP contribution in [0.25, 0.3) is 11.1 Å². The summed E-state index contributed by atoms with van der Waals surface area (Å²) in [4.78, 5) is 11.6. The summed E-state index contributed by atoms with van der Waals surface area (Å²) in [5.41, 5.74) is 9.12. The van der Waals surface area contributed by atoms with Crippen LogP contribution in [0.2, 0.25) is 0 Å². The number of carbonyl (C=O) groups is 1. The molecule has 0 saturated carbocycles. The molecule has 2 aromatic rings. The number of ether oxygens (including phenoxy) is 1. The van der Waals surface area contributed by atoms with E-state index in [2.05, 4.69) is 41.7 Å². The Bertz CT molecular complexity index is 646. The van der Waals surface area contributed by atoms with E-state index in [0.29, 0.717) is 13.0 Å². The molecule has 0 bridgehead atoms. The lowest BCUT2D eigenvalue weighted by Crippen LogP contribution is -2.41. The quantitative estimate of drug-likeness (QED) is 0.879. The summed E-state index contributed by atoms with van der Waals surface area (Å²) in [7, 11) is 0. The average Bonchev–Trinajstić information content (AvgIpc) is 2.53. The van der Waals surface area contributed by atoms with E-state index >= 15 is 0 Å². The van der Waals surface area contributed by atoms with Crippen molar-refractivity contribution >= 4 is 6.09 Å². The van der Waals surface area contributed by atoms with Crippen LogP contribution in [0.1, 0.15) is 26.3 Å². The first-order chi connectivity index (χ1) is 11.3. The summed E-state index contributed by atoms with van der Waals surface area (Å²) in [5.74, 6) is 0. The zero-order chi connectivity index (χ0) is 17.6. The Morgan fingerprint density at radius 3 is 2.21 bits per heavy atom. The van der Waals surface area contributed by atoms with Gasteiger partial charge in [-0.05, 0) is 43.9 Å². The fourth-order valence-corrected chi connectivity index (χ4v) is 2.37. The van der Waals surface area contributed by atoms with E-state index in [0.717, 1.165) is 5.56 Å². The SMILES string of the molecule is CC(C)(C)OC(=O)NC[C@@H](N)Cc1ccc(-c2ccccc2)cc1. The first kappa shape index (κ1) is 18.0. The Morgan fingerprint density at radius 1 is 1.04 bits per heavy atom. The van der Waals surface area contributed by atoms with Crippen LogP contribution < -0.4 is 11.1 Å². The molecule has 24 heavy (non-hydrogen) atoms. The lowest BCUT2D eigenvalue weighted by Gasteiger charge is -2.20. The van der Waals surface area contributed by atoms with Gasteiger partial charge in [0, 0.05) is 12.6 Å². The maximum absolute atomic E-state index is 11.6. The molecular formula is C20H26N2O2. The second kappa shape index (κ2) is 7.97. The molecular weight excluding hydrogens is 300 g/mol. The maximum atomic E-state index is 11.6. The second-order valence-electron chi connectivity index (χ2n) is 6.91. The fraction of sp³-hybridized carbons (Fsp3) is 0.350. The minimum Gasteiger partial charge on any atom is -0.444 e. The van der Waals surface area contributed by atoms with Gasteiger partial charge in [-0.15, -0.1) is 0 Å². The molecule has 1 amide bonds. The number of hydrogen-bond donors (Lipinski definition) is 2. The van der Waals surface area contributed by atoms with E-state index < -0.39 is 11.7 Å². The molecule has 4 nitrogen and oxygen atoms in total. The molecule has 3 N–H and O–H groups in total. The molecule has 0 spiro atoms. The number of amides is 1. The van der Waals surface area contributed by atoms with Gasteiger partial charge in [-0.25, -0.2) is 4.79 Å². The van der Waals surface area contributed by atoms with Crippen LogP contribution in [-0.2, 0) is 11.2 Å². The van der Waals surface area contributed by atoms with Gasteiger partial charge in [-0.2, -0.15) is 0 Å². The van der Waals surface area contributed by atoms with Crippen LogP contribution in [0, 0.1) is 0 Å². The third-order valence-electron chi connectivity index (χ3n) is 3.47. The molecule has 0 aromatic heterocycles. The molecule has 0 aliphatic rings. The predicted octanol–water partition coefficient (Wildman–Crippen LogP) is 3.75. The molecule has 0 aliphatic heterocycles. The molecule has 0 heterocycles. The van der Waals surface area contributed by atoms with Crippen LogP contribution in [0.5, 0.6) is 0 Å². The summed E-state index contributed by atoms with van der Waals surface area (Å²) in [5, 5.41) is 2.71. The largest absolute Gasteiger partial charge is 0.444 e. The van der Waals surface area contributed by atoms with Crippen molar-refractivity contribution in [3.8, 4) is 11.1 Å². The smallest absolute Gasteiger partial charge is 0.407 e. The van der Waals surface area contributed by atoms with Crippen LogP contribution in [-0.4, -0.2) is 24.3 Å². The van der Waals surface area contributed by atoms with Crippen molar-refractivity contribution in [1.82, 2.24) is 5.32 Å². The third-order valence-corrected chi connectivity index (χ3v) is 3.47. The van der Waals surface area contributed by atoms with Crippen molar-refractivity contribution in [3.05, 3.63) is 60.2 Å². The van der Waals surface area contributed by atoms with E-state index in [-0.39, 0.29) is 6.04 Å². The monoisotopic (exact) mass is 326 g/mol. The zero-order valence-corrected chi connectivity index (χ0v) is 14.6. The normalized spacial score (nSPS) is 12.5. The van der Waals surface area contributed by atoms with E-state index in [9.17, 15) is 4.79 Å². The minimum atomic E-state index is -0.499. The van der Waals surface area contributed by atoms with Gasteiger partial charge in [0.05, 0.1) is 0 Å². The Hall–Kier alpha value is -2.33. The van der Waals surface area contributed by atoms with Gasteiger partial charge >= 0.3 is 6.09 Å². The van der Waals surface area contributed by atoms with Gasteiger partial charge in [0.25, 0.3) is 0 Å². The molecule has 128 valence electrons. The van der Waals surface area contributed by atoms with Gasteiger partial charge in [0.15, 0.2) is 0 Å². The highest BCUT2D eigenvalue weighted by Gasteiger charge is 2.16. The first-order valence-electron chi connectivity index (χ1n) is 8.20. The molecule has 2 rings (SSSR count). The average molecular weight is 326 g/mol. The number of nitrogens with one attached hydrogen (secondary N) is 1. The van der Waals surface area contributed by atoms with Crippen molar-refractivity contribution in [3.63, 3.8) is 0 Å². The Labute approximate surface area is 144 Å². The Balaban J connectivity index is 1.84. The summed E-state index contributed by atoms with van der Waals surface area (Å²) >= 11 is 0. The maximum Gasteiger partial charge on any atom is 0.407 e. The van der Waals surface area contributed by atoms with Crippen molar-refractivity contribution in [2.45, 2.75) is 38.8 Å². The highest BCUT2D eigenvalue weighted by atomic mass is 16.6. The fourth-order valence-electron chi connectivity index (χ4n) is 2.37. The summed E-state index contributed by atoms with van der Waals surface area (Å²) in [6, 6.07) is 18.4. The van der Waals surface area contributed by atoms with Crippen LogP contribution in [0.4, 0.5) is 4.79 Å². The number of carbonyl (C=O) groups excluding carboxylic acids is 1. The zero-order valence-electron chi connectivity index (χ0n) is 14.6. The van der Waals surface area contributed by atoms with Crippen molar-refractivity contribution in [2.24, 2.45) is 5.73 Å². The topological polar surface area (TPSA) is 64.3 Å². The summed E-state index contributed by atoms with van der Waals surface area (Å²) in [6.07, 6.45) is 0.266. The van der Waals surface area contributed by atoms with Crippen molar-refractivity contribution < 1.29 is 9.53 Å². The molecule has 4 heteroatoms. The highest BCUT2D eigenvalue weighted by molar-refractivity contribution is 5.67. The standard InChI is InChI=1S/C20H26N2O2/c1-20(2,3)24-19(23)22-14-18(21)13-15-9-11-17(12-10-15)16-7-5-4-6-8-16/h4-12,18H,13-14,21H2,1-3H3,(H,22,23)/t18-/m0/s1. The van der Waals surface area contributed by atoms with E-state index in [1.54, 1.807) is 0 Å². The summed E-state index contributed by atoms with van der Waals surface area (Å²) < 4.78 is 5.20. The van der Waals surface area contributed by atoms with E-state index in [1.807, 2.05) is 39.0 Å². The number of alkyl carbamates (subject to hydrolysis) is 1.